The van der Waals surface area contributed by atoms with Crippen LogP contribution in [0.5, 0.6) is 0 Å². The monoisotopic (exact) mass is 382 g/mol. The summed E-state index contributed by atoms with van der Waals surface area (Å²) in [5, 5.41) is 14.7. The molecule has 28 heavy (non-hydrogen) atoms. The van der Waals surface area contributed by atoms with Crippen molar-refractivity contribution in [3.63, 3.8) is 0 Å². The van der Waals surface area contributed by atoms with Crippen molar-refractivity contribution in [2.45, 2.75) is 64.8 Å². The number of nitrogens with one attached hydrogen (secondary N) is 1. The van der Waals surface area contributed by atoms with E-state index in [2.05, 4.69) is 68.5 Å². The summed E-state index contributed by atoms with van der Waals surface area (Å²) < 4.78 is 0. The zero-order valence-electron chi connectivity index (χ0n) is 17.4. The lowest BCUT2D eigenvalue weighted by Gasteiger charge is -2.41. The molecule has 1 atom stereocenters. The molecule has 2 saturated heterocycles. The summed E-state index contributed by atoms with van der Waals surface area (Å²) in [4.78, 5) is 5.28. The lowest BCUT2D eigenvalue weighted by atomic mass is 9.77. The van der Waals surface area contributed by atoms with Crippen molar-refractivity contribution in [3.8, 4) is 11.4 Å². The maximum atomic E-state index is 4.19. The van der Waals surface area contributed by atoms with Gasteiger partial charge in [0.25, 0.3) is 0 Å². The first-order chi connectivity index (χ1) is 13.7. The third-order valence-electron chi connectivity index (χ3n) is 6.97. The third-order valence-corrected chi connectivity index (χ3v) is 6.97. The summed E-state index contributed by atoms with van der Waals surface area (Å²) in [6.45, 7) is 9.54. The molecule has 3 heterocycles. The van der Waals surface area contributed by atoms with Crippen LogP contribution in [0.4, 0.5) is 5.69 Å². The summed E-state index contributed by atoms with van der Waals surface area (Å²) >= 11 is 0. The maximum absolute atomic E-state index is 4.19. The van der Waals surface area contributed by atoms with Crippen molar-refractivity contribution in [1.29, 1.82) is 0 Å². The van der Waals surface area contributed by atoms with Crippen molar-refractivity contribution >= 4 is 5.69 Å². The fourth-order valence-electron chi connectivity index (χ4n) is 5.06. The van der Waals surface area contributed by atoms with Gasteiger partial charge in [0.1, 0.15) is 0 Å². The molecule has 0 saturated carbocycles. The average Bonchev–Trinajstić information content (AvgIpc) is 3.40. The van der Waals surface area contributed by atoms with Crippen LogP contribution in [0.1, 0.15) is 58.8 Å². The molecule has 1 N–H and O–H groups in total. The Morgan fingerprint density at radius 1 is 1.11 bits per heavy atom. The van der Waals surface area contributed by atoms with Gasteiger partial charge in [-0.15, -0.1) is 10.2 Å². The van der Waals surface area contributed by atoms with Gasteiger partial charge in [0.05, 0.1) is 0 Å². The Morgan fingerprint density at radius 2 is 1.89 bits per heavy atom. The molecular formula is C22H34N6. The molecule has 1 aromatic heterocycles. The van der Waals surface area contributed by atoms with Crippen LogP contribution in [-0.2, 0) is 0 Å². The molecule has 1 aromatic carbocycles. The average molecular weight is 383 g/mol. The molecule has 2 aliphatic rings. The minimum absolute atomic E-state index is 0.524. The highest BCUT2D eigenvalue weighted by atomic mass is 15.5. The van der Waals surface area contributed by atoms with Crippen LogP contribution in [0.2, 0.25) is 0 Å². The summed E-state index contributed by atoms with van der Waals surface area (Å²) in [5.41, 5.74) is 2.84. The van der Waals surface area contributed by atoms with Crippen molar-refractivity contribution in [2.24, 2.45) is 5.41 Å². The summed E-state index contributed by atoms with van der Waals surface area (Å²) in [7, 11) is 0. The van der Waals surface area contributed by atoms with Crippen molar-refractivity contribution in [3.05, 3.63) is 24.3 Å². The lowest BCUT2D eigenvalue weighted by molar-refractivity contribution is 0.177. The first kappa shape index (κ1) is 19.4. The fraction of sp³-hybridized carbons (Fsp3) is 0.682. The number of hydrogen-bond acceptors (Lipinski definition) is 5. The van der Waals surface area contributed by atoms with Crippen LogP contribution in [0, 0.1) is 5.41 Å². The second-order valence-corrected chi connectivity index (χ2v) is 8.80. The van der Waals surface area contributed by atoms with Gasteiger partial charge >= 0.3 is 0 Å². The van der Waals surface area contributed by atoms with Gasteiger partial charge in [0.2, 0.25) is 5.82 Å². The smallest absolute Gasteiger partial charge is 0.206 e. The first-order valence-corrected chi connectivity index (χ1v) is 11.0. The topological polar surface area (TPSA) is 60.9 Å². The number of aromatic nitrogens is 4. The normalized spacial score (nSPS) is 20.7. The van der Waals surface area contributed by atoms with Crippen LogP contribution in [-0.4, -0.2) is 57.7 Å². The number of tetrazole rings is 1. The molecule has 2 aromatic rings. The number of nitrogens with zero attached hydrogens (tertiary/aromatic N) is 5. The number of hydrogen-bond donors (Lipinski definition) is 1. The molecule has 152 valence electrons. The fourth-order valence-corrected chi connectivity index (χ4v) is 5.06. The van der Waals surface area contributed by atoms with E-state index in [1.807, 2.05) is 0 Å². The standard InChI is InChI=1S/C22H34N6/c1-3-4-5-8-18(2)28-16-13-22(17-28)11-14-27(15-12-22)20-10-7-6-9-19(20)21-23-25-26-24-21/h6-7,9-10,18H,3-5,8,11-17H2,1-2H3,(H,23,24,25,26). The minimum Gasteiger partial charge on any atom is -0.371 e. The SMILES string of the molecule is CCCCCC(C)N1CCC2(CCN(c3ccccc3-c3nn[nH]n3)CC2)C1. The minimum atomic E-state index is 0.524. The Labute approximate surface area is 168 Å². The highest BCUT2D eigenvalue weighted by Crippen LogP contribution is 2.43. The Kier molecular flexibility index (Phi) is 5.95. The van der Waals surface area contributed by atoms with E-state index in [0.717, 1.165) is 24.7 Å². The van der Waals surface area contributed by atoms with E-state index in [9.17, 15) is 0 Å². The van der Waals surface area contributed by atoms with E-state index in [1.54, 1.807) is 0 Å². The second kappa shape index (κ2) is 8.60. The van der Waals surface area contributed by atoms with Gasteiger partial charge in [-0.25, -0.2) is 0 Å². The lowest BCUT2D eigenvalue weighted by Crippen LogP contribution is -2.42. The van der Waals surface area contributed by atoms with Crippen LogP contribution in [0.25, 0.3) is 11.4 Å². The number of para-hydroxylation sites is 1. The van der Waals surface area contributed by atoms with Crippen LogP contribution in [0.15, 0.2) is 24.3 Å². The number of likely N-dealkylation sites (tertiary alicyclic amines) is 1. The highest BCUT2D eigenvalue weighted by molar-refractivity contribution is 5.74. The van der Waals surface area contributed by atoms with Crippen LogP contribution >= 0.6 is 0 Å². The molecule has 4 rings (SSSR count). The van der Waals surface area contributed by atoms with Gasteiger partial charge in [0, 0.05) is 36.9 Å². The van der Waals surface area contributed by atoms with Gasteiger partial charge in [0.15, 0.2) is 0 Å². The number of piperidine rings is 1. The Hall–Kier alpha value is -1.95. The van der Waals surface area contributed by atoms with Gasteiger partial charge in [-0.2, -0.15) is 5.21 Å². The Bertz CT molecular complexity index is 735. The summed E-state index contributed by atoms with van der Waals surface area (Å²) in [6.07, 6.45) is 9.36. The molecule has 2 fully saturated rings. The molecule has 2 aliphatic heterocycles. The number of anilines is 1. The number of H-pyrrole nitrogens is 1. The number of benzene rings is 1. The number of unbranched alkanes of at least 4 members (excludes halogenated alkanes) is 2. The zero-order valence-corrected chi connectivity index (χ0v) is 17.4. The van der Waals surface area contributed by atoms with E-state index in [4.69, 9.17) is 0 Å². The molecule has 0 bridgehead atoms. The summed E-state index contributed by atoms with van der Waals surface area (Å²) in [5.74, 6) is 0.684. The number of aromatic amines is 1. The molecular weight excluding hydrogens is 348 g/mol. The van der Waals surface area contributed by atoms with Gasteiger partial charge < -0.3 is 9.80 Å². The molecule has 0 aliphatic carbocycles. The van der Waals surface area contributed by atoms with Crippen molar-refractivity contribution < 1.29 is 0 Å². The molecule has 0 radical (unpaired) electrons. The second-order valence-electron chi connectivity index (χ2n) is 8.80. The Balaban J connectivity index is 1.37. The van der Waals surface area contributed by atoms with Gasteiger partial charge in [-0.05, 0) is 61.9 Å². The van der Waals surface area contributed by atoms with Crippen molar-refractivity contribution in [2.75, 3.05) is 31.1 Å². The molecule has 6 nitrogen and oxygen atoms in total. The summed E-state index contributed by atoms with van der Waals surface area (Å²) in [6, 6.07) is 9.19. The van der Waals surface area contributed by atoms with Crippen LogP contribution < -0.4 is 4.90 Å². The maximum Gasteiger partial charge on any atom is 0.206 e. The first-order valence-electron chi connectivity index (χ1n) is 11.0. The third kappa shape index (κ3) is 4.07. The molecule has 1 spiro atoms. The van der Waals surface area contributed by atoms with Gasteiger partial charge in [-0.1, -0.05) is 38.3 Å². The number of rotatable bonds is 7. The highest BCUT2D eigenvalue weighted by Gasteiger charge is 2.41. The van der Waals surface area contributed by atoms with E-state index in [1.165, 1.54) is 63.7 Å². The molecule has 1 unspecified atom stereocenters. The zero-order chi connectivity index (χ0) is 19.4. The Morgan fingerprint density at radius 3 is 2.64 bits per heavy atom. The van der Waals surface area contributed by atoms with Crippen molar-refractivity contribution in [1.82, 2.24) is 25.5 Å². The van der Waals surface area contributed by atoms with Crippen LogP contribution in [0.3, 0.4) is 0 Å². The predicted molar refractivity (Wildman–Crippen MR) is 113 cm³/mol. The van der Waals surface area contributed by atoms with E-state index >= 15 is 0 Å². The quantitative estimate of drug-likeness (QED) is 0.730. The largest absolute Gasteiger partial charge is 0.371 e. The van der Waals surface area contributed by atoms with E-state index in [-0.39, 0.29) is 0 Å². The molecule has 0 amide bonds. The van der Waals surface area contributed by atoms with E-state index in [0.29, 0.717) is 11.2 Å². The predicted octanol–water partition coefficient (Wildman–Crippen LogP) is 4.13. The van der Waals surface area contributed by atoms with E-state index < -0.39 is 0 Å². The molecule has 6 heteroatoms. The van der Waals surface area contributed by atoms with Gasteiger partial charge in [-0.3, -0.25) is 0 Å².